The van der Waals surface area contributed by atoms with Gasteiger partial charge in [0, 0.05) is 22.9 Å². The third kappa shape index (κ3) is 4.63. The molecule has 42 heavy (non-hydrogen) atoms. The van der Waals surface area contributed by atoms with Gasteiger partial charge in [0.2, 0.25) is 11.8 Å². The summed E-state index contributed by atoms with van der Waals surface area (Å²) >= 11 is 0. The number of amides is 2. The highest BCUT2D eigenvalue weighted by Crippen LogP contribution is 2.60. The van der Waals surface area contributed by atoms with Gasteiger partial charge < -0.3 is 10.6 Å². The van der Waals surface area contributed by atoms with E-state index in [2.05, 4.69) is 108 Å². The van der Waals surface area contributed by atoms with Crippen LogP contribution in [0.2, 0.25) is 0 Å². The van der Waals surface area contributed by atoms with E-state index in [0.717, 1.165) is 38.5 Å². The van der Waals surface area contributed by atoms with Crippen molar-refractivity contribution in [2.75, 3.05) is 0 Å². The molecule has 4 heteroatoms. The average Bonchev–Trinajstić information content (AvgIpc) is 3.98. The highest BCUT2D eigenvalue weighted by molar-refractivity contribution is 5.88. The SMILES string of the molecule is O=C(NC1CCCCC1NC(=O)C1CC1(c1ccccc1)c1ccccc1)C1CC1(c1ccccc1)c1ccccc1. The van der Waals surface area contributed by atoms with Crippen LogP contribution in [-0.4, -0.2) is 23.9 Å². The monoisotopic (exact) mass is 554 g/mol. The third-order valence-electron chi connectivity index (χ3n) is 10.1. The second kappa shape index (κ2) is 10.9. The van der Waals surface area contributed by atoms with Crippen LogP contribution in [0.4, 0.5) is 0 Å². The Morgan fingerprint density at radius 2 is 0.762 bits per heavy atom. The summed E-state index contributed by atoms with van der Waals surface area (Å²) in [6.07, 6.45) is 5.50. The minimum atomic E-state index is -0.293. The average molecular weight is 555 g/mol. The molecule has 0 spiro atoms. The molecule has 3 aliphatic rings. The van der Waals surface area contributed by atoms with Gasteiger partial charge >= 0.3 is 0 Å². The van der Waals surface area contributed by atoms with Gasteiger partial charge in [0.1, 0.15) is 0 Å². The first-order valence-corrected chi connectivity index (χ1v) is 15.5. The van der Waals surface area contributed by atoms with Crippen LogP contribution in [0.5, 0.6) is 0 Å². The first-order valence-electron chi connectivity index (χ1n) is 15.5. The van der Waals surface area contributed by atoms with Crippen LogP contribution >= 0.6 is 0 Å². The van der Waals surface area contributed by atoms with Crippen molar-refractivity contribution in [1.82, 2.24) is 10.6 Å². The van der Waals surface area contributed by atoms with Crippen LogP contribution in [0.15, 0.2) is 121 Å². The molecule has 0 heterocycles. The fourth-order valence-corrected chi connectivity index (χ4v) is 7.75. The Balaban J connectivity index is 1.08. The van der Waals surface area contributed by atoms with Gasteiger partial charge in [-0.05, 0) is 47.9 Å². The van der Waals surface area contributed by atoms with Crippen LogP contribution in [0, 0.1) is 11.8 Å². The van der Waals surface area contributed by atoms with Crippen LogP contribution in [0.1, 0.15) is 60.8 Å². The molecule has 4 aromatic rings. The lowest BCUT2D eigenvalue weighted by Gasteiger charge is -2.33. The molecule has 4 nitrogen and oxygen atoms in total. The Morgan fingerprint density at radius 3 is 1.05 bits per heavy atom. The summed E-state index contributed by atoms with van der Waals surface area (Å²) in [5.41, 5.74) is 4.18. The second-order valence-corrected chi connectivity index (χ2v) is 12.4. The quantitative estimate of drug-likeness (QED) is 0.260. The largest absolute Gasteiger partial charge is 0.351 e. The number of rotatable bonds is 8. The molecular weight excluding hydrogens is 516 g/mol. The van der Waals surface area contributed by atoms with Gasteiger partial charge in [0.25, 0.3) is 0 Å². The zero-order valence-corrected chi connectivity index (χ0v) is 23.9. The van der Waals surface area contributed by atoms with Crippen LogP contribution in [0.3, 0.4) is 0 Å². The first kappa shape index (κ1) is 26.7. The molecule has 4 atom stereocenters. The van der Waals surface area contributed by atoms with Crippen molar-refractivity contribution in [3.63, 3.8) is 0 Å². The summed E-state index contributed by atoms with van der Waals surface area (Å²) in [5, 5.41) is 6.84. The van der Waals surface area contributed by atoms with Crippen LogP contribution in [0.25, 0.3) is 0 Å². The van der Waals surface area contributed by atoms with Crippen molar-refractivity contribution in [2.24, 2.45) is 11.8 Å². The van der Waals surface area contributed by atoms with E-state index in [1.54, 1.807) is 0 Å². The van der Waals surface area contributed by atoms with Gasteiger partial charge in [-0.25, -0.2) is 0 Å². The molecule has 7 rings (SSSR count). The van der Waals surface area contributed by atoms with Gasteiger partial charge in [-0.1, -0.05) is 134 Å². The van der Waals surface area contributed by atoms with Gasteiger partial charge in [0.15, 0.2) is 0 Å². The predicted octanol–water partition coefficient (Wildman–Crippen LogP) is 6.54. The Labute approximate surface area is 248 Å². The summed E-state index contributed by atoms with van der Waals surface area (Å²) in [4.78, 5) is 27.7. The van der Waals surface area contributed by atoms with Gasteiger partial charge in [-0.15, -0.1) is 0 Å². The summed E-state index contributed by atoms with van der Waals surface area (Å²) in [6, 6.07) is 41.6. The molecule has 3 aliphatic carbocycles. The molecular formula is C38H38N2O2. The van der Waals surface area contributed by atoms with E-state index < -0.39 is 0 Å². The Morgan fingerprint density at radius 1 is 0.476 bits per heavy atom. The maximum absolute atomic E-state index is 13.9. The number of benzene rings is 4. The van der Waals surface area contributed by atoms with Crippen LogP contribution < -0.4 is 10.6 Å². The molecule has 3 fully saturated rings. The number of carbonyl (C=O) groups is 2. The van der Waals surface area contributed by atoms with Gasteiger partial charge in [-0.2, -0.15) is 0 Å². The molecule has 0 aromatic heterocycles. The van der Waals surface area contributed by atoms with E-state index in [9.17, 15) is 9.59 Å². The standard InChI is InChI=1S/C38H38N2O2/c41-35(31-25-37(31,27-15-5-1-6-16-27)28-17-7-2-8-18-28)39-33-23-13-14-24-34(33)40-36(42)32-26-38(32,29-19-9-3-10-20-29)30-21-11-4-12-22-30/h1-12,15-22,31-34H,13-14,23-26H2,(H,39,41)(H,40,42). The highest BCUT2D eigenvalue weighted by Gasteiger charge is 2.61. The predicted molar refractivity (Wildman–Crippen MR) is 166 cm³/mol. The summed E-state index contributed by atoms with van der Waals surface area (Å²) < 4.78 is 0. The van der Waals surface area contributed by atoms with Gasteiger partial charge in [-0.3, -0.25) is 9.59 Å². The zero-order valence-electron chi connectivity index (χ0n) is 23.9. The number of hydrogen-bond donors (Lipinski definition) is 2. The minimum Gasteiger partial charge on any atom is -0.351 e. The summed E-state index contributed by atoms with van der Waals surface area (Å²) in [6.45, 7) is 0. The lowest BCUT2D eigenvalue weighted by atomic mass is 9.84. The number of carbonyl (C=O) groups excluding carboxylic acids is 2. The zero-order chi connectivity index (χ0) is 28.6. The molecule has 0 aliphatic heterocycles. The third-order valence-corrected chi connectivity index (χ3v) is 10.1. The van der Waals surface area contributed by atoms with E-state index >= 15 is 0 Å². The maximum atomic E-state index is 13.9. The summed E-state index contributed by atoms with van der Waals surface area (Å²) in [7, 11) is 0. The van der Waals surface area contributed by atoms with Crippen LogP contribution in [-0.2, 0) is 20.4 Å². The van der Waals surface area contributed by atoms with Crippen molar-refractivity contribution in [2.45, 2.75) is 61.4 Å². The fraction of sp³-hybridized carbons (Fsp3) is 0.316. The number of nitrogens with one attached hydrogen (secondary N) is 2. The Hall–Kier alpha value is -4.18. The molecule has 0 saturated heterocycles. The van der Waals surface area contributed by atoms with Crippen molar-refractivity contribution in [1.29, 1.82) is 0 Å². The minimum absolute atomic E-state index is 0.0540. The smallest absolute Gasteiger partial charge is 0.224 e. The molecule has 4 unspecified atom stereocenters. The Kier molecular flexibility index (Phi) is 6.93. The maximum Gasteiger partial charge on any atom is 0.224 e. The van der Waals surface area contributed by atoms with Crippen molar-refractivity contribution in [3.05, 3.63) is 144 Å². The molecule has 2 amide bonds. The molecule has 212 valence electrons. The fourth-order valence-electron chi connectivity index (χ4n) is 7.75. The number of hydrogen-bond acceptors (Lipinski definition) is 2. The molecule has 0 bridgehead atoms. The van der Waals surface area contributed by atoms with E-state index in [0.29, 0.717) is 0 Å². The van der Waals surface area contributed by atoms with Gasteiger partial charge in [0.05, 0.1) is 11.8 Å². The lowest BCUT2D eigenvalue weighted by Crippen LogP contribution is -2.54. The summed E-state index contributed by atoms with van der Waals surface area (Å²) in [5.74, 6) is -0.0352. The first-order chi connectivity index (χ1) is 20.6. The topological polar surface area (TPSA) is 58.2 Å². The Bertz CT molecular complexity index is 1340. The molecule has 4 aromatic carbocycles. The van der Waals surface area contributed by atoms with E-state index in [1.807, 2.05) is 24.3 Å². The van der Waals surface area contributed by atoms with Crippen molar-refractivity contribution < 1.29 is 9.59 Å². The molecule has 2 N–H and O–H groups in total. The normalized spacial score (nSPS) is 25.1. The van der Waals surface area contributed by atoms with Crippen molar-refractivity contribution in [3.8, 4) is 0 Å². The molecule has 3 saturated carbocycles. The highest BCUT2D eigenvalue weighted by atomic mass is 16.2. The van der Waals surface area contributed by atoms with E-state index in [1.165, 1.54) is 22.3 Å². The van der Waals surface area contributed by atoms with Crippen molar-refractivity contribution >= 4 is 11.8 Å². The molecule has 0 radical (unpaired) electrons. The van der Waals surface area contributed by atoms with E-state index in [-0.39, 0.29) is 46.6 Å². The van der Waals surface area contributed by atoms with E-state index in [4.69, 9.17) is 0 Å². The lowest BCUT2D eigenvalue weighted by molar-refractivity contribution is -0.126. The second-order valence-electron chi connectivity index (χ2n) is 12.4.